The molecule has 1 saturated heterocycles. The third kappa shape index (κ3) is 5.16. The number of carbonyl (C=O) groups excluding carboxylic acids is 2. The first kappa shape index (κ1) is 20.0. The zero-order chi connectivity index (χ0) is 19.4. The number of thioether (sulfide) groups is 1. The van der Waals surface area contributed by atoms with E-state index in [1.54, 1.807) is 11.3 Å². The number of hydrogen-bond acceptors (Lipinski definition) is 5. The van der Waals surface area contributed by atoms with E-state index < -0.39 is 5.82 Å². The van der Waals surface area contributed by atoms with Crippen LogP contribution in [0.2, 0.25) is 5.02 Å². The zero-order valence-electron chi connectivity index (χ0n) is 13.9. The van der Waals surface area contributed by atoms with Crippen LogP contribution in [0.25, 0.3) is 6.08 Å². The minimum Gasteiger partial charge on any atom is -0.326 e. The molecule has 0 aliphatic carbocycles. The largest absolute Gasteiger partial charge is 0.326 e. The van der Waals surface area contributed by atoms with Gasteiger partial charge in [0.2, 0.25) is 5.91 Å². The van der Waals surface area contributed by atoms with Crippen molar-refractivity contribution in [3.63, 3.8) is 0 Å². The lowest BCUT2D eigenvalue weighted by atomic mass is 10.2. The molecule has 27 heavy (non-hydrogen) atoms. The SMILES string of the molecule is O=C(CCCN1C(=O)C(=Cc2cccs2)SC1=S)Nc1ccc(F)c(Cl)c1. The molecule has 2 amide bonds. The second-order valence-corrected chi connectivity index (χ2v) is 8.69. The lowest BCUT2D eigenvalue weighted by Crippen LogP contribution is -2.29. The minimum atomic E-state index is -0.542. The number of nitrogens with one attached hydrogen (secondary N) is 1. The summed E-state index contributed by atoms with van der Waals surface area (Å²) in [5, 5.41) is 4.55. The number of amides is 2. The summed E-state index contributed by atoms with van der Waals surface area (Å²) in [4.78, 5) is 27.6. The molecule has 0 spiro atoms. The summed E-state index contributed by atoms with van der Waals surface area (Å²) in [6, 6.07) is 7.84. The lowest BCUT2D eigenvalue weighted by molar-refractivity contribution is -0.122. The van der Waals surface area contributed by atoms with Crippen LogP contribution in [0.5, 0.6) is 0 Å². The van der Waals surface area contributed by atoms with Gasteiger partial charge < -0.3 is 5.32 Å². The molecule has 1 aliphatic rings. The molecule has 1 aliphatic heterocycles. The Kier molecular flexibility index (Phi) is 6.64. The van der Waals surface area contributed by atoms with Gasteiger partial charge in [-0.2, -0.15) is 0 Å². The van der Waals surface area contributed by atoms with Crippen molar-refractivity contribution >= 4 is 74.8 Å². The Morgan fingerprint density at radius 1 is 1.37 bits per heavy atom. The van der Waals surface area contributed by atoms with Crippen molar-refractivity contribution in [1.82, 2.24) is 4.90 Å². The van der Waals surface area contributed by atoms with Crippen molar-refractivity contribution in [3.8, 4) is 0 Å². The lowest BCUT2D eigenvalue weighted by Gasteiger charge is -2.14. The Morgan fingerprint density at radius 2 is 2.19 bits per heavy atom. The zero-order valence-corrected chi connectivity index (χ0v) is 17.1. The van der Waals surface area contributed by atoms with Crippen LogP contribution in [0.15, 0.2) is 40.6 Å². The highest BCUT2D eigenvalue weighted by molar-refractivity contribution is 8.26. The first-order valence-electron chi connectivity index (χ1n) is 7.98. The third-order valence-electron chi connectivity index (χ3n) is 3.68. The van der Waals surface area contributed by atoms with Gasteiger partial charge in [-0.25, -0.2) is 4.39 Å². The van der Waals surface area contributed by atoms with Crippen molar-refractivity contribution in [2.45, 2.75) is 12.8 Å². The van der Waals surface area contributed by atoms with Crippen LogP contribution in [0.1, 0.15) is 17.7 Å². The Labute approximate surface area is 174 Å². The number of thiophene rings is 1. The fraction of sp³-hybridized carbons (Fsp3) is 0.167. The van der Waals surface area contributed by atoms with E-state index in [4.69, 9.17) is 23.8 Å². The Bertz CT molecular complexity index is 915. The molecular weight excluding hydrogens is 427 g/mol. The number of anilines is 1. The topological polar surface area (TPSA) is 49.4 Å². The minimum absolute atomic E-state index is 0.0529. The average Bonchev–Trinajstić information content (AvgIpc) is 3.22. The maximum atomic E-state index is 13.1. The summed E-state index contributed by atoms with van der Waals surface area (Å²) in [7, 11) is 0. The molecular formula is C18H14ClFN2O2S3. The molecule has 1 N–H and O–H groups in total. The molecule has 0 saturated carbocycles. The van der Waals surface area contributed by atoms with Crippen LogP contribution in [0.4, 0.5) is 10.1 Å². The molecule has 3 rings (SSSR count). The monoisotopic (exact) mass is 440 g/mol. The first-order valence-corrected chi connectivity index (χ1v) is 10.5. The third-order valence-corrected chi connectivity index (χ3v) is 6.17. The second-order valence-electron chi connectivity index (χ2n) is 5.63. The molecule has 1 aromatic carbocycles. The van der Waals surface area contributed by atoms with Crippen molar-refractivity contribution in [2.24, 2.45) is 0 Å². The number of halogens is 2. The fourth-order valence-electron chi connectivity index (χ4n) is 2.39. The van der Waals surface area contributed by atoms with Gasteiger partial charge in [-0.1, -0.05) is 41.6 Å². The van der Waals surface area contributed by atoms with Crippen molar-refractivity contribution in [2.75, 3.05) is 11.9 Å². The number of carbonyl (C=O) groups is 2. The predicted molar refractivity (Wildman–Crippen MR) is 113 cm³/mol. The summed E-state index contributed by atoms with van der Waals surface area (Å²) in [5.74, 6) is -0.916. The molecule has 9 heteroatoms. The predicted octanol–water partition coefficient (Wildman–Crippen LogP) is 5.16. The van der Waals surface area contributed by atoms with E-state index >= 15 is 0 Å². The van der Waals surface area contributed by atoms with Crippen LogP contribution in [0, 0.1) is 5.82 Å². The van der Waals surface area contributed by atoms with Crippen LogP contribution in [-0.4, -0.2) is 27.6 Å². The number of thiocarbonyl (C=S) groups is 1. The maximum Gasteiger partial charge on any atom is 0.266 e. The van der Waals surface area contributed by atoms with E-state index in [-0.39, 0.29) is 23.3 Å². The first-order chi connectivity index (χ1) is 12.9. The van der Waals surface area contributed by atoms with E-state index in [0.29, 0.717) is 27.9 Å². The smallest absolute Gasteiger partial charge is 0.266 e. The van der Waals surface area contributed by atoms with Crippen molar-refractivity contribution in [1.29, 1.82) is 0 Å². The van der Waals surface area contributed by atoms with Crippen LogP contribution < -0.4 is 5.32 Å². The summed E-state index contributed by atoms with van der Waals surface area (Å²) in [6.07, 6.45) is 2.49. The standard InChI is InChI=1S/C18H14ClFN2O2S3/c19-13-9-11(5-6-14(13)20)21-16(23)4-1-7-22-17(24)15(27-18(22)25)10-12-3-2-8-26-12/h2-3,5-6,8-10H,1,4,7H2,(H,21,23). The Balaban J connectivity index is 1.51. The van der Waals surface area contributed by atoms with Gasteiger partial charge in [0, 0.05) is 23.5 Å². The van der Waals surface area contributed by atoms with E-state index in [9.17, 15) is 14.0 Å². The van der Waals surface area contributed by atoms with Gasteiger partial charge in [0.15, 0.2) is 0 Å². The van der Waals surface area contributed by atoms with E-state index in [1.807, 2.05) is 23.6 Å². The van der Waals surface area contributed by atoms with E-state index in [1.165, 1.54) is 34.9 Å². The summed E-state index contributed by atoms with van der Waals surface area (Å²) < 4.78 is 13.6. The molecule has 1 aromatic heterocycles. The molecule has 1 fully saturated rings. The molecule has 0 unspecified atom stereocenters. The van der Waals surface area contributed by atoms with Gasteiger partial charge in [-0.15, -0.1) is 11.3 Å². The van der Waals surface area contributed by atoms with Crippen molar-refractivity contribution < 1.29 is 14.0 Å². The number of benzene rings is 1. The van der Waals surface area contributed by atoms with Crippen LogP contribution in [-0.2, 0) is 9.59 Å². The van der Waals surface area contributed by atoms with Gasteiger partial charge in [-0.05, 0) is 42.1 Å². The number of rotatable bonds is 6. The van der Waals surface area contributed by atoms with Gasteiger partial charge in [0.1, 0.15) is 10.1 Å². The van der Waals surface area contributed by atoms with Gasteiger partial charge in [0.05, 0.1) is 9.93 Å². The molecule has 4 nitrogen and oxygen atoms in total. The molecule has 0 radical (unpaired) electrons. The van der Waals surface area contributed by atoms with Crippen LogP contribution in [0.3, 0.4) is 0 Å². The van der Waals surface area contributed by atoms with Gasteiger partial charge in [0.25, 0.3) is 5.91 Å². The normalized spacial score (nSPS) is 15.6. The highest BCUT2D eigenvalue weighted by Gasteiger charge is 2.31. The van der Waals surface area contributed by atoms with Gasteiger partial charge >= 0.3 is 0 Å². The van der Waals surface area contributed by atoms with Crippen molar-refractivity contribution in [3.05, 3.63) is 56.3 Å². The van der Waals surface area contributed by atoms with Crippen LogP contribution >= 0.6 is 46.9 Å². The van der Waals surface area contributed by atoms with E-state index in [0.717, 1.165) is 4.88 Å². The molecule has 0 bridgehead atoms. The molecule has 2 heterocycles. The maximum absolute atomic E-state index is 13.1. The summed E-state index contributed by atoms with van der Waals surface area (Å²) in [5.41, 5.74) is 0.427. The van der Waals surface area contributed by atoms with Gasteiger partial charge in [-0.3, -0.25) is 14.5 Å². The summed E-state index contributed by atoms with van der Waals surface area (Å²) in [6.45, 7) is 0.365. The fourth-order valence-corrected chi connectivity index (χ4v) is 4.60. The summed E-state index contributed by atoms with van der Waals surface area (Å²) >= 11 is 13.8. The Hall–Kier alpha value is -1.74. The quantitative estimate of drug-likeness (QED) is 0.498. The Morgan fingerprint density at radius 3 is 2.89 bits per heavy atom. The van der Waals surface area contributed by atoms with E-state index in [2.05, 4.69) is 5.32 Å². The molecule has 2 aromatic rings. The molecule has 140 valence electrons. The number of hydrogen-bond donors (Lipinski definition) is 1. The molecule has 0 atom stereocenters. The number of nitrogens with zero attached hydrogens (tertiary/aromatic N) is 1. The average molecular weight is 441 g/mol. The highest BCUT2D eigenvalue weighted by Crippen LogP contribution is 2.33. The second kappa shape index (κ2) is 8.97. The highest BCUT2D eigenvalue weighted by atomic mass is 35.5.